The lowest BCUT2D eigenvalue weighted by Gasteiger charge is -2.15. The van der Waals surface area contributed by atoms with Gasteiger partial charge in [-0.3, -0.25) is 4.90 Å². The monoisotopic (exact) mass is 245 g/mol. The summed E-state index contributed by atoms with van der Waals surface area (Å²) in [5.41, 5.74) is 0.669. The average molecular weight is 246 g/mol. The molecule has 0 aromatic heterocycles. The van der Waals surface area contributed by atoms with E-state index in [-0.39, 0.29) is 5.02 Å². The SMILES string of the molecule is O[C@@H]1CN(Cc2cccc(F)c2Cl)C[C@@H]1O. The van der Waals surface area contributed by atoms with Crippen molar-refractivity contribution in [3.8, 4) is 0 Å². The summed E-state index contributed by atoms with van der Waals surface area (Å²) >= 11 is 5.82. The number of likely N-dealkylation sites (tertiary alicyclic amines) is 1. The van der Waals surface area contributed by atoms with Gasteiger partial charge in [-0.15, -0.1) is 0 Å². The fraction of sp³-hybridized carbons (Fsp3) is 0.455. The van der Waals surface area contributed by atoms with Crippen molar-refractivity contribution in [3.05, 3.63) is 34.6 Å². The first kappa shape index (κ1) is 11.8. The maximum atomic E-state index is 13.2. The maximum Gasteiger partial charge on any atom is 0.142 e. The van der Waals surface area contributed by atoms with Gasteiger partial charge in [0.15, 0.2) is 0 Å². The van der Waals surface area contributed by atoms with E-state index in [0.717, 1.165) is 0 Å². The lowest BCUT2D eigenvalue weighted by Crippen LogP contribution is -2.22. The number of hydrogen-bond donors (Lipinski definition) is 2. The molecule has 2 atom stereocenters. The number of β-amino-alcohol motifs (C(OH)–C–C–N with tert-alkyl or cyclic N) is 2. The molecule has 0 bridgehead atoms. The summed E-state index contributed by atoms with van der Waals surface area (Å²) in [6.07, 6.45) is -1.46. The van der Waals surface area contributed by atoms with Crippen molar-refractivity contribution in [1.82, 2.24) is 4.90 Å². The van der Waals surface area contributed by atoms with Crippen molar-refractivity contribution in [2.75, 3.05) is 13.1 Å². The number of aliphatic hydroxyl groups is 2. The standard InChI is InChI=1S/C11H13ClFNO2/c12-11-7(2-1-3-8(11)13)4-14-5-9(15)10(16)6-14/h1-3,9-10,15-16H,4-6H2/t9-,10+. The van der Waals surface area contributed by atoms with Crippen molar-refractivity contribution >= 4 is 11.6 Å². The third-order valence-electron chi connectivity index (χ3n) is 2.76. The first-order valence-electron chi connectivity index (χ1n) is 5.09. The molecule has 2 rings (SSSR count). The lowest BCUT2D eigenvalue weighted by atomic mass is 10.2. The van der Waals surface area contributed by atoms with Crippen molar-refractivity contribution < 1.29 is 14.6 Å². The van der Waals surface area contributed by atoms with Crippen LogP contribution in [0.15, 0.2) is 18.2 Å². The van der Waals surface area contributed by atoms with Gasteiger partial charge in [0.05, 0.1) is 17.2 Å². The average Bonchev–Trinajstić information content (AvgIpc) is 2.54. The van der Waals surface area contributed by atoms with E-state index in [4.69, 9.17) is 11.6 Å². The molecule has 0 saturated carbocycles. The van der Waals surface area contributed by atoms with Gasteiger partial charge in [0, 0.05) is 19.6 Å². The molecule has 0 unspecified atom stereocenters. The van der Waals surface area contributed by atoms with E-state index in [0.29, 0.717) is 25.2 Å². The van der Waals surface area contributed by atoms with Crippen molar-refractivity contribution in [2.45, 2.75) is 18.8 Å². The molecule has 0 radical (unpaired) electrons. The van der Waals surface area contributed by atoms with Crippen LogP contribution in [0.25, 0.3) is 0 Å². The highest BCUT2D eigenvalue weighted by atomic mass is 35.5. The van der Waals surface area contributed by atoms with Gasteiger partial charge in [0.2, 0.25) is 0 Å². The van der Waals surface area contributed by atoms with Gasteiger partial charge in [-0.25, -0.2) is 4.39 Å². The number of benzene rings is 1. The highest BCUT2D eigenvalue weighted by molar-refractivity contribution is 6.31. The number of aliphatic hydroxyl groups excluding tert-OH is 2. The zero-order valence-corrected chi connectivity index (χ0v) is 9.36. The minimum Gasteiger partial charge on any atom is -0.389 e. The number of nitrogens with zero attached hydrogens (tertiary/aromatic N) is 1. The van der Waals surface area contributed by atoms with Crippen molar-refractivity contribution in [1.29, 1.82) is 0 Å². The summed E-state index contributed by atoms with van der Waals surface area (Å²) in [6, 6.07) is 4.64. The van der Waals surface area contributed by atoms with E-state index in [1.54, 1.807) is 12.1 Å². The van der Waals surface area contributed by atoms with Crippen LogP contribution in [0.4, 0.5) is 4.39 Å². The van der Waals surface area contributed by atoms with Gasteiger partial charge >= 0.3 is 0 Å². The molecule has 1 fully saturated rings. The van der Waals surface area contributed by atoms with Gasteiger partial charge in [-0.2, -0.15) is 0 Å². The van der Waals surface area contributed by atoms with Crippen LogP contribution < -0.4 is 0 Å². The van der Waals surface area contributed by atoms with Gasteiger partial charge < -0.3 is 10.2 Å². The molecule has 5 heteroatoms. The zero-order chi connectivity index (χ0) is 11.7. The molecular weight excluding hydrogens is 233 g/mol. The summed E-state index contributed by atoms with van der Waals surface area (Å²) < 4.78 is 13.2. The molecule has 1 heterocycles. The fourth-order valence-electron chi connectivity index (χ4n) is 1.89. The molecule has 1 aromatic carbocycles. The van der Waals surface area contributed by atoms with Crippen LogP contribution in [-0.4, -0.2) is 40.4 Å². The number of rotatable bonds is 2. The Balaban J connectivity index is 2.08. The third kappa shape index (κ3) is 2.35. The number of halogens is 2. The largest absolute Gasteiger partial charge is 0.389 e. The highest BCUT2D eigenvalue weighted by Gasteiger charge is 2.29. The Labute approximate surface area is 98.1 Å². The molecule has 0 spiro atoms. The molecule has 2 N–H and O–H groups in total. The van der Waals surface area contributed by atoms with Crippen LogP contribution in [0.1, 0.15) is 5.56 Å². The van der Waals surface area contributed by atoms with Crippen LogP contribution in [0.5, 0.6) is 0 Å². The summed E-state index contributed by atoms with van der Waals surface area (Å²) in [4.78, 5) is 1.84. The third-order valence-corrected chi connectivity index (χ3v) is 3.18. The molecule has 0 aliphatic carbocycles. The summed E-state index contributed by atoms with van der Waals surface area (Å²) in [7, 11) is 0. The maximum absolute atomic E-state index is 13.2. The van der Waals surface area contributed by atoms with Crippen LogP contribution >= 0.6 is 11.6 Å². The summed E-state index contributed by atoms with van der Waals surface area (Å²) in [5.74, 6) is -0.445. The second-order valence-electron chi connectivity index (χ2n) is 4.04. The Morgan fingerprint density at radius 1 is 1.31 bits per heavy atom. The van der Waals surface area contributed by atoms with E-state index in [1.165, 1.54) is 6.07 Å². The molecule has 3 nitrogen and oxygen atoms in total. The predicted molar refractivity (Wildman–Crippen MR) is 58.7 cm³/mol. The van der Waals surface area contributed by atoms with Crippen LogP contribution in [0, 0.1) is 5.82 Å². The van der Waals surface area contributed by atoms with Crippen LogP contribution in [-0.2, 0) is 6.54 Å². The molecular formula is C11H13ClFNO2. The van der Waals surface area contributed by atoms with Gasteiger partial charge in [0.25, 0.3) is 0 Å². The Morgan fingerprint density at radius 3 is 2.56 bits per heavy atom. The van der Waals surface area contributed by atoms with E-state index in [9.17, 15) is 14.6 Å². The molecule has 88 valence electrons. The normalized spacial score (nSPS) is 26.2. The molecule has 1 aromatic rings. The first-order chi connectivity index (χ1) is 7.58. The van der Waals surface area contributed by atoms with Crippen molar-refractivity contribution in [2.24, 2.45) is 0 Å². The highest BCUT2D eigenvalue weighted by Crippen LogP contribution is 2.22. The van der Waals surface area contributed by atoms with Gasteiger partial charge in [0.1, 0.15) is 5.82 Å². The van der Waals surface area contributed by atoms with Crippen LogP contribution in [0.2, 0.25) is 5.02 Å². The number of hydrogen-bond acceptors (Lipinski definition) is 3. The quantitative estimate of drug-likeness (QED) is 0.818. The van der Waals surface area contributed by atoms with Gasteiger partial charge in [-0.1, -0.05) is 23.7 Å². The molecule has 0 amide bonds. The predicted octanol–water partition coefficient (Wildman–Crippen LogP) is 1.02. The summed E-state index contributed by atoms with van der Waals surface area (Å²) in [6.45, 7) is 1.20. The zero-order valence-electron chi connectivity index (χ0n) is 8.61. The molecule has 16 heavy (non-hydrogen) atoms. The Morgan fingerprint density at radius 2 is 1.94 bits per heavy atom. The minimum atomic E-state index is -0.729. The van der Waals surface area contributed by atoms with E-state index < -0.39 is 18.0 Å². The topological polar surface area (TPSA) is 43.7 Å². The summed E-state index contributed by atoms with van der Waals surface area (Å²) in [5, 5.41) is 18.9. The second kappa shape index (κ2) is 4.67. The van der Waals surface area contributed by atoms with E-state index in [1.807, 2.05) is 4.90 Å². The minimum absolute atomic E-state index is 0.110. The lowest BCUT2D eigenvalue weighted by molar-refractivity contribution is 0.0572. The Kier molecular flexibility index (Phi) is 3.44. The molecule has 1 saturated heterocycles. The van der Waals surface area contributed by atoms with Gasteiger partial charge in [-0.05, 0) is 11.6 Å². The van der Waals surface area contributed by atoms with E-state index in [2.05, 4.69) is 0 Å². The molecule has 1 aliphatic heterocycles. The first-order valence-corrected chi connectivity index (χ1v) is 5.47. The van der Waals surface area contributed by atoms with Crippen molar-refractivity contribution in [3.63, 3.8) is 0 Å². The Hall–Kier alpha value is -0.680. The van der Waals surface area contributed by atoms with E-state index >= 15 is 0 Å². The fourth-order valence-corrected chi connectivity index (χ4v) is 2.07. The smallest absolute Gasteiger partial charge is 0.142 e. The second-order valence-corrected chi connectivity index (χ2v) is 4.42. The van der Waals surface area contributed by atoms with Crippen LogP contribution in [0.3, 0.4) is 0 Å². The molecule has 1 aliphatic rings. The Bertz CT molecular complexity index is 378.